The van der Waals surface area contributed by atoms with Crippen LogP contribution in [0.4, 0.5) is 15.8 Å². The zero-order valence-corrected chi connectivity index (χ0v) is 13.8. The molecule has 5 nitrogen and oxygen atoms in total. The van der Waals surface area contributed by atoms with Crippen LogP contribution < -0.4 is 21.3 Å². The molecule has 0 unspecified atom stereocenters. The number of hydrogen-bond acceptors (Lipinski definition) is 5. The predicted octanol–water partition coefficient (Wildman–Crippen LogP) is 2.63. The SMILES string of the molecule is Nc1cncc(F)c1N1CCC(NC2=C3CCC(=CCC2)N3)CC1. The number of aromatic nitrogens is 1. The second-order valence-corrected chi connectivity index (χ2v) is 6.81. The Hall–Kier alpha value is -2.24. The molecule has 6 heteroatoms. The average Bonchev–Trinajstić information content (AvgIpc) is 2.94. The van der Waals surface area contributed by atoms with Crippen LogP contribution in [-0.2, 0) is 0 Å². The minimum absolute atomic E-state index is 0.330. The Balaban J connectivity index is 1.39. The Kier molecular flexibility index (Phi) is 4.04. The standard InChI is InChI=1S/C18H24FN5/c19-14-10-21-11-15(20)18(14)24-8-6-13(7-9-24)23-16-3-1-2-12-4-5-17(16)22-12/h2,10-11,13,22-23H,1,3-9,20H2. The lowest BCUT2D eigenvalue weighted by Gasteiger charge is -2.35. The molecule has 0 aliphatic carbocycles. The van der Waals surface area contributed by atoms with Crippen molar-refractivity contribution in [1.29, 1.82) is 0 Å². The molecule has 0 spiro atoms. The first kappa shape index (κ1) is 15.3. The smallest absolute Gasteiger partial charge is 0.166 e. The topological polar surface area (TPSA) is 66.2 Å². The molecule has 2 fully saturated rings. The van der Waals surface area contributed by atoms with Crippen LogP contribution in [0.15, 0.2) is 35.6 Å². The highest BCUT2D eigenvalue weighted by Crippen LogP contribution is 2.30. The number of nitrogens with zero attached hydrogens (tertiary/aromatic N) is 2. The van der Waals surface area contributed by atoms with Crippen molar-refractivity contribution in [2.24, 2.45) is 0 Å². The lowest BCUT2D eigenvalue weighted by Crippen LogP contribution is -2.43. The van der Waals surface area contributed by atoms with E-state index in [1.807, 2.05) is 4.90 Å². The Morgan fingerprint density at radius 2 is 2.04 bits per heavy atom. The van der Waals surface area contributed by atoms with Gasteiger partial charge in [-0.25, -0.2) is 4.39 Å². The van der Waals surface area contributed by atoms with Gasteiger partial charge in [-0.05, 0) is 38.5 Å². The van der Waals surface area contributed by atoms with E-state index in [2.05, 4.69) is 21.7 Å². The van der Waals surface area contributed by atoms with Crippen molar-refractivity contribution >= 4 is 11.4 Å². The first-order chi connectivity index (χ1) is 11.7. The molecular weight excluding hydrogens is 305 g/mol. The van der Waals surface area contributed by atoms with Crippen molar-refractivity contribution in [3.8, 4) is 0 Å². The van der Waals surface area contributed by atoms with Crippen LogP contribution in [0.1, 0.15) is 38.5 Å². The van der Waals surface area contributed by atoms with Gasteiger partial charge >= 0.3 is 0 Å². The number of nitrogens with one attached hydrogen (secondary N) is 2. The van der Waals surface area contributed by atoms with Gasteiger partial charge in [0.25, 0.3) is 0 Å². The van der Waals surface area contributed by atoms with Gasteiger partial charge in [0.15, 0.2) is 5.82 Å². The summed E-state index contributed by atoms with van der Waals surface area (Å²) in [5.41, 5.74) is 10.9. The van der Waals surface area contributed by atoms with Gasteiger partial charge < -0.3 is 21.3 Å². The van der Waals surface area contributed by atoms with E-state index < -0.39 is 0 Å². The maximum absolute atomic E-state index is 14.0. The van der Waals surface area contributed by atoms with Gasteiger partial charge in [-0.2, -0.15) is 0 Å². The summed E-state index contributed by atoms with van der Waals surface area (Å²) in [4.78, 5) is 5.85. The molecule has 0 amide bonds. The first-order valence-electron chi connectivity index (χ1n) is 8.79. The van der Waals surface area contributed by atoms with Gasteiger partial charge in [0.2, 0.25) is 0 Å². The van der Waals surface area contributed by atoms with Crippen LogP contribution >= 0.6 is 0 Å². The molecule has 24 heavy (non-hydrogen) atoms. The van der Waals surface area contributed by atoms with Gasteiger partial charge in [0.1, 0.15) is 0 Å². The Morgan fingerprint density at radius 3 is 2.83 bits per heavy atom. The largest absolute Gasteiger partial charge is 0.396 e. The lowest BCUT2D eigenvalue weighted by molar-refractivity contribution is 0.434. The molecule has 0 radical (unpaired) electrons. The summed E-state index contributed by atoms with van der Waals surface area (Å²) in [5.74, 6) is -0.330. The highest BCUT2D eigenvalue weighted by atomic mass is 19.1. The number of anilines is 2. The van der Waals surface area contributed by atoms with E-state index in [0.717, 1.165) is 51.6 Å². The van der Waals surface area contributed by atoms with Crippen LogP contribution in [0, 0.1) is 5.82 Å². The Bertz CT molecular complexity index is 668. The molecule has 128 valence electrons. The maximum Gasteiger partial charge on any atom is 0.166 e. The summed E-state index contributed by atoms with van der Waals surface area (Å²) in [7, 11) is 0. The van der Waals surface area contributed by atoms with E-state index in [9.17, 15) is 4.39 Å². The number of rotatable bonds is 3. The number of allylic oxidation sites excluding steroid dienone is 4. The third kappa shape index (κ3) is 2.92. The zero-order valence-electron chi connectivity index (χ0n) is 13.8. The van der Waals surface area contributed by atoms with Gasteiger partial charge in [-0.1, -0.05) is 6.08 Å². The number of fused-ring (bicyclic) bond motifs is 2. The molecule has 1 aromatic heterocycles. The molecular formula is C18H24FN5. The number of nitrogens with two attached hydrogens (primary N) is 1. The van der Waals surface area contributed by atoms with Crippen LogP contribution in [0.3, 0.4) is 0 Å². The predicted molar refractivity (Wildman–Crippen MR) is 93.7 cm³/mol. The normalized spacial score (nSPS) is 21.4. The number of nitrogen functional groups attached to an aromatic ring is 1. The molecule has 2 bridgehead atoms. The quantitative estimate of drug-likeness (QED) is 0.795. The maximum atomic E-state index is 14.0. The molecule has 4 rings (SSSR count). The highest BCUT2D eigenvalue weighted by Gasteiger charge is 2.25. The number of piperidine rings is 1. The summed E-state index contributed by atoms with van der Waals surface area (Å²) in [6, 6.07) is 0.443. The van der Waals surface area contributed by atoms with Crippen molar-refractivity contribution in [2.75, 3.05) is 23.7 Å². The summed E-state index contributed by atoms with van der Waals surface area (Å²) < 4.78 is 14.0. The van der Waals surface area contributed by atoms with Crippen molar-refractivity contribution in [2.45, 2.75) is 44.6 Å². The number of pyridine rings is 1. The second kappa shape index (κ2) is 6.34. The van der Waals surface area contributed by atoms with Crippen LogP contribution in [0.5, 0.6) is 0 Å². The molecule has 0 saturated carbocycles. The molecule has 1 aromatic rings. The van der Waals surface area contributed by atoms with Gasteiger partial charge in [-0.15, -0.1) is 0 Å². The van der Waals surface area contributed by atoms with E-state index in [0.29, 0.717) is 17.4 Å². The average molecular weight is 329 g/mol. The highest BCUT2D eigenvalue weighted by molar-refractivity contribution is 5.67. The Labute approximate surface area is 141 Å². The minimum atomic E-state index is -0.330. The number of hydrogen-bond donors (Lipinski definition) is 3. The van der Waals surface area contributed by atoms with Crippen molar-refractivity contribution in [3.63, 3.8) is 0 Å². The third-order valence-electron chi connectivity index (χ3n) is 5.20. The molecule has 3 aliphatic heterocycles. The van der Waals surface area contributed by atoms with Crippen molar-refractivity contribution < 1.29 is 4.39 Å². The molecule has 4 N–H and O–H groups in total. The fourth-order valence-electron chi connectivity index (χ4n) is 3.93. The van der Waals surface area contributed by atoms with Gasteiger partial charge in [0, 0.05) is 36.2 Å². The van der Waals surface area contributed by atoms with E-state index in [4.69, 9.17) is 5.73 Å². The summed E-state index contributed by atoms with van der Waals surface area (Å²) in [5, 5.41) is 7.28. The monoisotopic (exact) mass is 329 g/mol. The molecule has 2 saturated heterocycles. The van der Waals surface area contributed by atoms with Crippen LogP contribution in [0.2, 0.25) is 0 Å². The fraction of sp³-hybridized carbons (Fsp3) is 0.500. The summed E-state index contributed by atoms with van der Waals surface area (Å²) in [6.45, 7) is 1.62. The first-order valence-corrected chi connectivity index (χ1v) is 8.79. The molecule has 0 atom stereocenters. The van der Waals surface area contributed by atoms with Crippen molar-refractivity contribution in [1.82, 2.24) is 15.6 Å². The van der Waals surface area contributed by atoms with E-state index in [1.54, 1.807) is 0 Å². The molecule has 4 heterocycles. The molecule has 3 aliphatic rings. The zero-order chi connectivity index (χ0) is 16.5. The fourth-order valence-corrected chi connectivity index (χ4v) is 3.93. The van der Waals surface area contributed by atoms with E-state index in [1.165, 1.54) is 29.5 Å². The Morgan fingerprint density at radius 1 is 1.21 bits per heavy atom. The van der Waals surface area contributed by atoms with Crippen LogP contribution in [-0.4, -0.2) is 24.1 Å². The number of halogens is 1. The second-order valence-electron chi connectivity index (χ2n) is 6.81. The molecule has 0 aromatic carbocycles. The van der Waals surface area contributed by atoms with Crippen LogP contribution in [0.25, 0.3) is 0 Å². The lowest BCUT2D eigenvalue weighted by atomic mass is 10.0. The third-order valence-corrected chi connectivity index (χ3v) is 5.20. The van der Waals surface area contributed by atoms with E-state index >= 15 is 0 Å². The summed E-state index contributed by atoms with van der Waals surface area (Å²) in [6.07, 6.45) is 11.5. The van der Waals surface area contributed by atoms with Gasteiger partial charge in [0.05, 0.1) is 23.8 Å². The minimum Gasteiger partial charge on any atom is -0.396 e. The van der Waals surface area contributed by atoms with E-state index in [-0.39, 0.29) is 5.82 Å². The van der Waals surface area contributed by atoms with Gasteiger partial charge in [-0.3, -0.25) is 4.98 Å². The van der Waals surface area contributed by atoms with Crippen molar-refractivity contribution in [3.05, 3.63) is 41.4 Å². The summed E-state index contributed by atoms with van der Waals surface area (Å²) >= 11 is 0.